The topological polar surface area (TPSA) is 51.3 Å². The smallest absolute Gasteiger partial charge is 0.128 e. The van der Waals surface area contributed by atoms with Crippen LogP contribution in [0.25, 0.3) is 5.70 Å². The van der Waals surface area contributed by atoms with Crippen molar-refractivity contribution in [2.24, 2.45) is 10.7 Å². The summed E-state index contributed by atoms with van der Waals surface area (Å²) in [5, 5.41) is 3.96. The van der Waals surface area contributed by atoms with Crippen LogP contribution >= 0.6 is 11.3 Å². The van der Waals surface area contributed by atoms with Gasteiger partial charge in [-0.3, -0.25) is 9.98 Å². The van der Waals surface area contributed by atoms with Crippen molar-refractivity contribution in [3.63, 3.8) is 0 Å². The standard InChI is InChI=1S/C19H16FN3S/c20-16-6-2-1-5-14(16)12-23-19(15-8-10-24-13-15)11-17(21)18-7-3-4-9-22-18/h1-11,13H,12,21H2. The summed E-state index contributed by atoms with van der Waals surface area (Å²) in [6.45, 7) is 0.254. The van der Waals surface area contributed by atoms with Crippen LogP contribution in [-0.2, 0) is 6.54 Å². The number of hydrogen-bond donors (Lipinski definition) is 1. The van der Waals surface area contributed by atoms with Gasteiger partial charge in [0.15, 0.2) is 0 Å². The van der Waals surface area contributed by atoms with E-state index in [4.69, 9.17) is 5.73 Å². The van der Waals surface area contributed by atoms with Gasteiger partial charge in [0.05, 0.1) is 23.6 Å². The quantitative estimate of drug-likeness (QED) is 0.707. The predicted molar refractivity (Wildman–Crippen MR) is 97.4 cm³/mol. The summed E-state index contributed by atoms with van der Waals surface area (Å²) in [6, 6.07) is 14.2. The van der Waals surface area contributed by atoms with E-state index >= 15 is 0 Å². The molecular weight excluding hydrogens is 321 g/mol. The lowest BCUT2D eigenvalue weighted by atomic mass is 10.1. The van der Waals surface area contributed by atoms with Crippen molar-refractivity contribution in [1.29, 1.82) is 0 Å². The molecule has 2 N–H and O–H groups in total. The number of allylic oxidation sites excluding steroid dienone is 1. The van der Waals surface area contributed by atoms with E-state index in [9.17, 15) is 4.39 Å². The summed E-state index contributed by atoms with van der Waals surface area (Å²) >= 11 is 1.58. The third-order valence-electron chi connectivity index (χ3n) is 3.45. The fraction of sp³-hybridized carbons (Fsp3) is 0.0526. The minimum absolute atomic E-state index is 0.254. The zero-order valence-electron chi connectivity index (χ0n) is 12.9. The Morgan fingerprint density at radius 1 is 1.17 bits per heavy atom. The number of thiophene rings is 1. The second-order valence-corrected chi connectivity index (χ2v) is 5.90. The Hall–Kier alpha value is -2.79. The molecule has 5 heteroatoms. The molecule has 2 heterocycles. The van der Waals surface area contributed by atoms with Crippen LogP contribution in [0, 0.1) is 5.82 Å². The van der Waals surface area contributed by atoms with Crippen LogP contribution in [0.3, 0.4) is 0 Å². The molecule has 0 saturated carbocycles. The van der Waals surface area contributed by atoms with Crippen molar-refractivity contribution >= 4 is 22.7 Å². The Bertz CT molecular complexity index is 855. The van der Waals surface area contributed by atoms with Crippen molar-refractivity contribution in [1.82, 2.24) is 4.98 Å². The number of nitrogens with zero attached hydrogens (tertiary/aromatic N) is 2. The predicted octanol–water partition coefficient (Wildman–Crippen LogP) is 4.27. The Morgan fingerprint density at radius 2 is 2.00 bits per heavy atom. The van der Waals surface area contributed by atoms with Crippen LogP contribution in [0.5, 0.6) is 0 Å². The van der Waals surface area contributed by atoms with Gasteiger partial charge < -0.3 is 5.73 Å². The second-order valence-electron chi connectivity index (χ2n) is 5.12. The number of halogens is 1. The molecule has 24 heavy (non-hydrogen) atoms. The first-order chi connectivity index (χ1) is 11.7. The summed E-state index contributed by atoms with van der Waals surface area (Å²) in [7, 11) is 0. The van der Waals surface area contributed by atoms with Gasteiger partial charge in [0, 0.05) is 22.7 Å². The molecule has 120 valence electrons. The number of benzene rings is 1. The van der Waals surface area contributed by atoms with E-state index < -0.39 is 0 Å². The van der Waals surface area contributed by atoms with Gasteiger partial charge in [-0.15, -0.1) is 0 Å². The number of pyridine rings is 1. The van der Waals surface area contributed by atoms with Crippen LogP contribution in [0.2, 0.25) is 0 Å². The molecule has 3 rings (SSSR count). The molecule has 0 saturated heterocycles. The molecule has 0 unspecified atom stereocenters. The maximum Gasteiger partial charge on any atom is 0.128 e. The SMILES string of the molecule is NC(=CC(=NCc1ccccc1F)c1ccsc1)c1ccccn1. The van der Waals surface area contributed by atoms with Crippen molar-refractivity contribution in [2.75, 3.05) is 0 Å². The Kier molecular flexibility index (Phi) is 5.13. The summed E-state index contributed by atoms with van der Waals surface area (Å²) < 4.78 is 13.8. The highest BCUT2D eigenvalue weighted by Gasteiger charge is 2.06. The second kappa shape index (κ2) is 7.66. The zero-order chi connectivity index (χ0) is 16.8. The lowest BCUT2D eigenvalue weighted by molar-refractivity contribution is 0.611. The number of aromatic nitrogens is 1. The van der Waals surface area contributed by atoms with Gasteiger partial charge in [-0.1, -0.05) is 24.3 Å². The van der Waals surface area contributed by atoms with Crippen LogP contribution in [0.1, 0.15) is 16.8 Å². The Balaban J connectivity index is 1.93. The first-order valence-electron chi connectivity index (χ1n) is 7.43. The average Bonchev–Trinajstić information content (AvgIpc) is 3.15. The fourth-order valence-corrected chi connectivity index (χ4v) is 2.83. The summed E-state index contributed by atoms with van der Waals surface area (Å²) in [5.74, 6) is -0.257. The molecule has 0 fully saturated rings. The van der Waals surface area contributed by atoms with Crippen molar-refractivity contribution < 1.29 is 4.39 Å². The van der Waals surface area contributed by atoms with E-state index in [2.05, 4.69) is 9.98 Å². The molecule has 1 aromatic carbocycles. The van der Waals surface area contributed by atoms with Gasteiger partial charge in [-0.2, -0.15) is 11.3 Å². The summed E-state index contributed by atoms with van der Waals surface area (Å²) in [5.41, 5.74) is 9.57. The largest absolute Gasteiger partial charge is 0.397 e. The molecule has 2 aromatic heterocycles. The molecule has 0 aliphatic carbocycles. The minimum Gasteiger partial charge on any atom is -0.397 e. The van der Waals surface area contributed by atoms with E-state index in [1.807, 2.05) is 35.0 Å². The monoisotopic (exact) mass is 337 g/mol. The zero-order valence-corrected chi connectivity index (χ0v) is 13.7. The lowest BCUT2D eigenvalue weighted by Gasteiger charge is -2.04. The highest BCUT2D eigenvalue weighted by atomic mass is 32.1. The van der Waals surface area contributed by atoms with E-state index in [1.54, 1.807) is 41.8 Å². The molecule has 3 nitrogen and oxygen atoms in total. The molecule has 0 radical (unpaired) electrons. The van der Waals surface area contributed by atoms with E-state index in [0.29, 0.717) is 22.7 Å². The lowest BCUT2D eigenvalue weighted by Crippen LogP contribution is -2.05. The van der Waals surface area contributed by atoms with Gasteiger partial charge in [-0.25, -0.2) is 4.39 Å². The fourth-order valence-electron chi connectivity index (χ4n) is 2.18. The minimum atomic E-state index is -0.257. The van der Waals surface area contributed by atoms with Crippen LogP contribution in [-0.4, -0.2) is 10.7 Å². The van der Waals surface area contributed by atoms with Crippen LogP contribution in [0.15, 0.2) is 76.6 Å². The average molecular weight is 337 g/mol. The van der Waals surface area contributed by atoms with Gasteiger partial charge in [0.1, 0.15) is 5.82 Å². The third-order valence-corrected chi connectivity index (χ3v) is 4.13. The van der Waals surface area contributed by atoms with Gasteiger partial charge >= 0.3 is 0 Å². The van der Waals surface area contributed by atoms with Gasteiger partial charge in [0.25, 0.3) is 0 Å². The Labute approximate surface area is 144 Å². The molecule has 0 bridgehead atoms. The number of nitrogens with two attached hydrogens (primary N) is 1. The van der Waals surface area contributed by atoms with Gasteiger partial charge in [-0.05, 0) is 35.7 Å². The maximum atomic E-state index is 13.8. The first-order valence-corrected chi connectivity index (χ1v) is 8.37. The molecule has 0 aliphatic rings. The van der Waals surface area contributed by atoms with Crippen molar-refractivity contribution in [2.45, 2.75) is 6.54 Å². The van der Waals surface area contributed by atoms with Crippen LogP contribution < -0.4 is 5.73 Å². The van der Waals surface area contributed by atoms with Gasteiger partial charge in [0.2, 0.25) is 0 Å². The number of hydrogen-bond acceptors (Lipinski definition) is 4. The maximum absolute atomic E-state index is 13.8. The molecule has 0 spiro atoms. The first kappa shape index (κ1) is 16.1. The third kappa shape index (κ3) is 3.94. The molecule has 3 aromatic rings. The number of rotatable bonds is 5. The normalized spacial score (nSPS) is 12.4. The summed E-state index contributed by atoms with van der Waals surface area (Å²) in [6.07, 6.45) is 3.47. The highest BCUT2D eigenvalue weighted by Crippen LogP contribution is 2.14. The molecular formula is C19H16FN3S. The van der Waals surface area contributed by atoms with Crippen molar-refractivity contribution in [3.05, 3.63) is 94.2 Å². The highest BCUT2D eigenvalue weighted by molar-refractivity contribution is 7.08. The van der Waals surface area contributed by atoms with E-state index in [1.165, 1.54) is 6.07 Å². The Morgan fingerprint density at radius 3 is 2.71 bits per heavy atom. The van der Waals surface area contributed by atoms with E-state index in [0.717, 1.165) is 5.56 Å². The molecule has 0 aliphatic heterocycles. The summed E-state index contributed by atoms with van der Waals surface area (Å²) in [4.78, 5) is 8.80. The van der Waals surface area contributed by atoms with E-state index in [-0.39, 0.29) is 12.4 Å². The molecule has 0 atom stereocenters. The van der Waals surface area contributed by atoms with Crippen molar-refractivity contribution in [3.8, 4) is 0 Å². The molecule has 0 amide bonds. The van der Waals surface area contributed by atoms with Crippen LogP contribution in [0.4, 0.5) is 4.39 Å². The number of aliphatic imine (C=N–C) groups is 1.